The topological polar surface area (TPSA) is 92.3 Å². The molecule has 27 heavy (non-hydrogen) atoms. The molecule has 0 atom stereocenters. The van der Waals surface area contributed by atoms with Crippen LogP contribution in [0.15, 0.2) is 41.7 Å². The van der Waals surface area contributed by atoms with Crippen LogP contribution in [0.1, 0.15) is 28.9 Å². The standard InChI is InChI=1S/C18H21FN4O3S/c1-13-2-3-17(15(19)10-13)27(25,26)23-8-4-14(5-9-23)11-22-18(24)16-12-20-6-7-21-16/h2-3,6-7,10,12,14H,4-5,8-9,11H2,1H3,(H,22,24). The number of hydrogen-bond donors (Lipinski definition) is 1. The Kier molecular flexibility index (Phi) is 5.81. The molecule has 7 nitrogen and oxygen atoms in total. The molecule has 1 fully saturated rings. The largest absolute Gasteiger partial charge is 0.350 e. The molecular weight excluding hydrogens is 371 g/mol. The van der Waals surface area contributed by atoms with Gasteiger partial charge in [0.2, 0.25) is 10.0 Å². The minimum Gasteiger partial charge on any atom is -0.350 e. The normalized spacial score (nSPS) is 16.2. The van der Waals surface area contributed by atoms with Crippen molar-refractivity contribution >= 4 is 15.9 Å². The van der Waals surface area contributed by atoms with Crippen molar-refractivity contribution in [2.75, 3.05) is 19.6 Å². The number of carbonyl (C=O) groups is 1. The molecule has 1 aromatic heterocycles. The van der Waals surface area contributed by atoms with E-state index in [4.69, 9.17) is 0 Å². The van der Waals surface area contributed by atoms with Gasteiger partial charge in [0.15, 0.2) is 0 Å². The van der Waals surface area contributed by atoms with Gasteiger partial charge >= 0.3 is 0 Å². The second-order valence-corrected chi connectivity index (χ2v) is 8.49. The number of nitrogens with one attached hydrogen (secondary N) is 1. The van der Waals surface area contributed by atoms with Gasteiger partial charge in [-0.2, -0.15) is 4.31 Å². The van der Waals surface area contributed by atoms with Crippen molar-refractivity contribution < 1.29 is 17.6 Å². The van der Waals surface area contributed by atoms with Crippen LogP contribution in [0.25, 0.3) is 0 Å². The number of halogens is 1. The van der Waals surface area contributed by atoms with Gasteiger partial charge < -0.3 is 5.32 Å². The molecule has 1 amide bonds. The molecule has 2 aromatic rings. The number of carbonyl (C=O) groups excluding carboxylic acids is 1. The molecule has 3 rings (SSSR count). The Morgan fingerprint density at radius 1 is 1.30 bits per heavy atom. The zero-order valence-corrected chi connectivity index (χ0v) is 15.7. The molecule has 9 heteroatoms. The Morgan fingerprint density at radius 3 is 2.67 bits per heavy atom. The van der Waals surface area contributed by atoms with Crippen LogP contribution in [0.5, 0.6) is 0 Å². The summed E-state index contributed by atoms with van der Waals surface area (Å²) >= 11 is 0. The SMILES string of the molecule is Cc1ccc(S(=O)(=O)N2CCC(CNC(=O)c3cnccn3)CC2)c(F)c1. The summed E-state index contributed by atoms with van der Waals surface area (Å²) in [5, 5.41) is 2.80. The minimum absolute atomic E-state index is 0.153. The van der Waals surface area contributed by atoms with Gasteiger partial charge in [0.05, 0.1) is 6.20 Å². The molecule has 0 radical (unpaired) electrons. The number of nitrogens with zero attached hydrogens (tertiary/aromatic N) is 3. The molecule has 1 aromatic carbocycles. The summed E-state index contributed by atoms with van der Waals surface area (Å²) in [5.74, 6) is -0.881. The molecule has 0 unspecified atom stereocenters. The van der Waals surface area contributed by atoms with Crippen molar-refractivity contribution in [3.8, 4) is 0 Å². The van der Waals surface area contributed by atoms with E-state index in [0.29, 0.717) is 38.0 Å². The van der Waals surface area contributed by atoms with Crippen LogP contribution >= 0.6 is 0 Å². The van der Waals surface area contributed by atoms with Gasteiger partial charge in [0.1, 0.15) is 16.4 Å². The van der Waals surface area contributed by atoms with E-state index in [-0.39, 0.29) is 22.4 Å². The summed E-state index contributed by atoms with van der Waals surface area (Å²) < 4.78 is 40.7. The second-order valence-electron chi connectivity index (χ2n) is 6.58. The van der Waals surface area contributed by atoms with Crippen LogP contribution in [0.4, 0.5) is 4.39 Å². The first-order valence-corrected chi connectivity index (χ1v) is 10.1. The summed E-state index contributed by atoms with van der Waals surface area (Å²) in [5.41, 5.74) is 0.913. The third-order valence-electron chi connectivity index (χ3n) is 4.63. The highest BCUT2D eigenvalue weighted by Crippen LogP contribution is 2.25. The Hall–Kier alpha value is -2.39. The fourth-order valence-corrected chi connectivity index (χ4v) is 4.57. The smallest absolute Gasteiger partial charge is 0.271 e. The molecular formula is C18H21FN4O3S. The van der Waals surface area contributed by atoms with Crippen LogP contribution in [0.3, 0.4) is 0 Å². The lowest BCUT2D eigenvalue weighted by molar-refractivity contribution is 0.0936. The molecule has 144 valence electrons. The summed E-state index contributed by atoms with van der Waals surface area (Å²) in [6.45, 7) is 2.73. The predicted octanol–water partition coefficient (Wildman–Crippen LogP) is 1.75. The molecule has 0 bridgehead atoms. The van der Waals surface area contributed by atoms with Gasteiger partial charge in [0, 0.05) is 32.0 Å². The number of hydrogen-bond acceptors (Lipinski definition) is 5. The van der Waals surface area contributed by atoms with Crippen molar-refractivity contribution in [2.24, 2.45) is 5.92 Å². The average molecular weight is 392 g/mol. The van der Waals surface area contributed by atoms with Gasteiger partial charge in [0.25, 0.3) is 5.91 Å². The van der Waals surface area contributed by atoms with Crippen LogP contribution in [-0.2, 0) is 10.0 Å². The zero-order chi connectivity index (χ0) is 19.4. The Balaban J connectivity index is 1.56. The van der Waals surface area contributed by atoms with E-state index in [1.807, 2.05) is 0 Å². The first kappa shape index (κ1) is 19.4. The maximum Gasteiger partial charge on any atom is 0.271 e. The number of aromatic nitrogens is 2. The minimum atomic E-state index is -3.85. The van der Waals surface area contributed by atoms with Crippen LogP contribution in [0, 0.1) is 18.7 Å². The van der Waals surface area contributed by atoms with E-state index >= 15 is 0 Å². The zero-order valence-electron chi connectivity index (χ0n) is 14.9. The number of benzene rings is 1. The van der Waals surface area contributed by atoms with E-state index in [2.05, 4.69) is 15.3 Å². The van der Waals surface area contributed by atoms with E-state index in [1.54, 1.807) is 13.0 Å². The molecule has 1 saturated heterocycles. The van der Waals surface area contributed by atoms with E-state index in [1.165, 1.54) is 35.0 Å². The molecule has 1 aliphatic heterocycles. The molecule has 0 aliphatic carbocycles. The first-order chi connectivity index (χ1) is 12.9. The van der Waals surface area contributed by atoms with Crippen molar-refractivity contribution in [3.05, 3.63) is 53.9 Å². The third kappa shape index (κ3) is 4.48. The molecule has 1 aliphatic rings. The molecule has 0 spiro atoms. The van der Waals surface area contributed by atoms with Crippen LogP contribution in [0.2, 0.25) is 0 Å². The van der Waals surface area contributed by atoms with Crippen molar-refractivity contribution in [1.29, 1.82) is 0 Å². The van der Waals surface area contributed by atoms with Gasteiger partial charge in [-0.05, 0) is 43.4 Å². The predicted molar refractivity (Wildman–Crippen MR) is 97.0 cm³/mol. The summed E-state index contributed by atoms with van der Waals surface area (Å²) in [6, 6.07) is 4.12. The first-order valence-electron chi connectivity index (χ1n) is 8.68. The highest BCUT2D eigenvalue weighted by molar-refractivity contribution is 7.89. The highest BCUT2D eigenvalue weighted by atomic mass is 32.2. The number of piperidine rings is 1. The van der Waals surface area contributed by atoms with Gasteiger partial charge in [-0.1, -0.05) is 6.07 Å². The Morgan fingerprint density at radius 2 is 2.04 bits per heavy atom. The van der Waals surface area contributed by atoms with Crippen molar-refractivity contribution in [1.82, 2.24) is 19.6 Å². The quantitative estimate of drug-likeness (QED) is 0.837. The molecule has 2 heterocycles. The number of amides is 1. The maximum absolute atomic E-state index is 14.1. The van der Waals surface area contributed by atoms with Crippen molar-refractivity contribution in [3.63, 3.8) is 0 Å². The lowest BCUT2D eigenvalue weighted by Gasteiger charge is -2.31. The molecule has 1 N–H and O–H groups in total. The lowest BCUT2D eigenvalue weighted by atomic mass is 9.98. The van der Waals surface area contributed by atoms with Crippen molar-refractivity contribution in [2.45, 2.75) is 24.7 Å². The monoisotopic (exact) mass is 392 g/mol. The van der Waals surface area contributed by atoms with E-state index in [9.17, 15) is 17.6 Å². The average Bonchev–Trinajstić information content (AvgIpc) is 2.67. The fourth-order valence-electron chi connectivity index (χ4n) is 3.05. The number of rotatable bonds is 5. The number of aryl methyl sites for hydroxylation is 1. The Labute approximate surface area is 157 Å². The second kappa shape index (κ2) is 8.10. The summed E-state index contributed by atoms with van der Waals surface area (Å²) in [7, 11) is -3.85. The fraction of sp³-hybridized carbons (Fsp3) is 0.389. The lowest BCUT2D eigenvalue weighted by Crippen LogP contribution is -2.41. The molecule has 0 saturated carbocycles. The summed E-state index contributed by atoms with van der Waals surface area (Å²) in [4.78, 5) is 19.5. The Bertz CT molecular complexity index is 913. The van der Waals surface area contributed by atoms with Crippen LogP contribution in [-0.4, -0.2) is 48.2 Å². The highest BCUT2D eigenvalue weighted by Gasteiger charge is 2.31. The third-order valence-corrected chi connectivity index (χ3v) is 6.56. The maximum atomic E-state index is 14.1. The van der Waals surface area contributed by atoms with E-state index < -0.39 is 15.8 Å². The number of sulfonamides is 1. The summed E-state index contributed by atoms with van der Waals surface area (Å²) in [6.07, 6.45) is 5.51. The van der Waals surface area contributed by atoms with E-state index in [0.717, 1.165) is 0 Å². The van der Waals surface area contributed by atoms with Gasteiger partial charge in [-0.3, -0.25) is 9.78 Å². The van der Waals surface area contributed by atoms with Gasteiger partial charge in [-0.15, -0.1) is 0 Å². The van der Waals surface area contributed by atoms with Gasteiger partial charge in [-0.25, -0.2) is 17.8 Å². The van der Waals surface area contributed by atoms with Crippen LogP contribution < -0.4 is 5.32 Å².